The summed E-state index contributed by atoms with van der Waals surface area (Å²) < 4.78 is 5.25. The first kappa shape index (κ1) is 11.6. The summed E-state index contributed by atoms with van der Waals surface area (Å²) in [7, 11) is 0. The number of rotatable bonds is 4. The molecule has 4 nitrogen and oxygen atoms in total. The first-order valence-corrected chi connectivity index (χ1v) is 6.31. The zero-order valence-electron chi connectivity index (χ0n) is 8.89. The van der Waals surface area contributed by atoms with Crippen LogP contribution in [-0.2, 0) is 9.53 Å². The average Bonchev–Trinajstić information content (AvgIpc) is 2.95. The van der Waals surface area contributed by atoms with Gasteiger partial charge in [-0.2, -0.15) is 11.3 Å². The number of hydrogen-bond acceptors (Lipinski definition) is 4. The number of aliphatic hydroxyl groups excluding tert-OH is 1. The maximum atomic E-state index is 11.6. The molecule has 16 heavy (non-hydrogen) atoms. The molecule has 1 aromatic heterocycles. The van der Waals surface area contributed by atoms with E-state index in [0.717, 1.165) is 18.4 Å². The Morgan fingerprint density at radius 3 is 3.25 bits per heavy atom. The van der Waals surface area contributed by atoms with Crippen LogP contribution in [0.25, 0.3) is 0 Å². The maximum absolute atomic E-state index is 11.6. The largest absolute Gasteiger partial charge is 0.387 e. The second-order valence-electron chi connectivity index (χ2n) is 3.82. The molecule has 0 saturated carbocycles. The Morgan fingerprint density at radius 1 is 1.75 bits per heavy atom. The first-order chi connectivity index (χ1) is 7.77. The van der Waals surface area contributed by atoms with Gasteiger partial charge in [-0.1, -0.05) is 0 Å². The lowest BCUT2D eigenvalue weighted by Crippen LogP contribution is -2.36. The van der Waals surface area contributed by atoms with E-state index < -0.39 is 6.10 Å². The molecular formula is C11H15NO3S. The van der Waals surface area contributed by atoms with Gasteiger partial charge in [-0.15, -0.1) is 0 Å². The molecule has 1 fully saturated rings. The van der Waals surface area contributed by atoms with E-state index in [1.807, 2.05) is 16.8 Å². The highest BCUT2D eigenvalue weighted by Gasteiger charge is 2.23. The van der Waals surface area contributed by atoms with E-state index in [9.17, 15) is 9.90 Å². The lowest BCUT2D eigenvalue weighted by atomic mass is 10.2. The van der Waals surface area contributed by atoms with Gasteiger partial charge in [0.1, 0.15) is 6.10 Å². The third kappa shape index (κ3) is 2.81. The molecule has 5 heteroatoms. The predicted octanol–water partition coefficient (Wildman–Crippen LogP) is 1.08. The monoisotopic (exact) mass is 241 g/mol. The molecule has 0 radical (unpaired) electrons. The van der Waals surface area contributed by atoms with Crippen molar-refractivity contribution in [1.82, 2.24) is 5.32 Å². The third-order valence-corrected chi connectivity index (χ3v) is 3.32. The van der Waals surface area contributed by atoms with Crippen LogP contribution in [0.2, 0.25) is 0 Å². The number of hydrogen-bond donors (Lipinski definition) is 2. The topological polar surface area (TPSA) is 58.6 Å². The number of ether oxygens (including phenoxy) is 1. The van der Waals surface area contributed by atoms with Crippen LogP contribution in [-0.4, -0.2) is 30.3 Å². The number of thiophene rings is 1. The molecule has 1 aliphatic rings. The van der Waals surface area contributed by atoms with Crippen LogP contribution in [0.15, 0.2) is 16.8 Å². The van der Waals surface area contributed by atoms with E-state index in [4.69, 9.17) is 4.74 Å². The number of nitrogens with one attached hydrogen (secondary N) is 1. The fourth-order valence-corrected chi connectivity index (χ4v) is 2.39. The third-order valence-electron chi connectivity index (χ3n) is 2.62. The van der Waals surface area contributed by atoms with Crippen molar-refractivity contribution in [2.24, 2.45) is 0 Å². The Balaban J connectivity index is 1.76. The Kier molecular flexibility index (Phi) is 3.93. The van der Waals surface area contributed by atoms with Crippen molar-refractivity contribution in [1.29, 1.82) is 0 Å². The Labute approximate surface area is 98.2 Å². The number of carbonyl (C=O) groups excluding carboxylic acids is 1. The minimum Gasteiger partial charge on any atom is -0.387 e. The van der Waals surface area contributed by atoms with E-state index >= 15 is 0 Å². The van der Waals surface area contributed by atoms with E-state index in [0.29, 0.717) is 6.61 Å². The van der Waals surface area contributed by atoms with Crippen molar-refractivity contribution >= 4 is 17.2 Å². The number of amides is 1. The summed E-state index contributed by atoms with van der Waals surface area (Å²) in [5.74, 6) is -0.119. The van der Waals surface area contributed by atoms with Crippen molar-refractivity contribution in [3.05, 3.63) is 22.4 Å². The summed E-state index contributed by atoms with van der Waals surface area (Å²) in [4.78, 5) is 11.6. The fraction of sp³-hybridized carbons (Fsp3) is 0.545. The molecule has 2 rings (SSSR count). The van der Waals surface area contributed by atoms with Gasteiger partial charge in [0.25, 0.3) is 0 Å². The highest BCUT2D eigenvalue weighted by atomic mass is 32.1. The lowest BCUT2D eigenvalue weighted by Gasteiger charge is -2.13. The molecule has 1 aromatic rings. The van der Waals surface area contributed by atoms with Crippen LogP contribution in [0.3, 0.4) is 0 Å². The van der Waals surface area contributed by atoms with Crippen molar-refractivity contribution in [3.8, 4) is 0 Å². The molecule has 1 saturated heterocycles. The van der Waals surface area contributed by atoms with Crippen LogP contribution in [0.4, 0.5) is 0 Å². The van der Waals surface area contributed by atoms with Crippen LogP contribution in [0, 0.1) is 0 Å². The van der Waals surface area contributed by atoms with Crippen LogP contribution < -0.4 is 5.32 Å². The Bertz CT molecular complexity index is 333. The van der Waals surface area contributed by atoms with Gasteiger partial charge in [0, 0.05) is 13.2 Å². The summed E-state index contributed by atoms with van der Waals surface area (Å²) in [6.45, 7) is 0.903. The van der Waals surface area contributed by atoms with E-state index in [1.54, 1.807) is 0 Å². The Morgan fingerprint density at radius 2 is 2.62 bits per heavy atom. The van der Waals surface area contributed by atoms with Gasteiger partial charge in [-0.3, -0.25) is 4.79 Å². The second-order valence-corrected chi connectivity index (χ2v) is 4.60. The standard InChI is InChI=1S/C11H15NO3S/c13-9(8-3-5-16-7-8)6-12-11(14)10-2-1-4-15-10/h3,5,7,9-10,13H,1-2,4,6H2,(H,12,14)/t9?,10-/m1/s1. The average molecular weight is 241 g/mol. The molecule has 1 unspecified atom stereocenters. The van der Waals surface area contributed by atoms with Crippen LogP contribution >= 0.6 is 11.3 Å². The molecule has 0 bridgehead atoms. The molecule has 1 aliphatic heterocycles. The van der Waals surface area contributed by atoms with Gasteiger partial charge in [0.15, 0.2) is 0 Å². The van der Waals surface area contributed by atoms with Gasteiger partial charge in [0.2, 0.25) is 5.91 Å². The molecule has 88 valence electrons. The van der Waals surface area contributed by atoms with Crippen molar-refractivity contribution in [2.75, 3.05) is 13.2 Å². The molecule has 0 aliphatic carbocycles. The minimum atomic E-state index is -0.628. The van der Waals surface area contributed by atoms with Gasteiger partial charge in [0.05, 0.1) is 6.10 Å². The van der Waals surface area contributed by atoms with Crippen molar-refractivity contribution in [2.45, 2.75) is 25.0 Å². The normalized spacial score (nSPS) is 21.9. The molecule has 2 atom stereocenters. The van der Waals surface area contributed by atoms with E-state index in [-0.39, 0.29) is 18.6 Å². The van der Waals surface area contributed by atoms with Crippen molar-refractivity contribution in [3.63, 3.8) is 0 Å². The van der Waals surface area contributed by atoms with Gasteiger partial charge in [-0.25, -0.2) is 0 Å². The molecule has 0 spiro atoms. The second kappa shape index (κ2) is 5.43. The summed E-state index contributed by atoms with van der Waals surface area (Å²) >= 11 is 1.53. The van der Waals surface area contributed by atoms with Crippen LogP contribution in [0.1, 0.15) is 24.5 Å². The smallest absolute Gasteiger partial charge is 0.249 e. The number of aliphatic hydroxyl groups is 1. The molecular weight excluding hydrogens is 226 g/mol. The predicted molar refractivity (Wildman–Crippen MR) is 61.3 cm³/mol. The SMILES string of the molecule is O=C(NCC(O)c1ccsc1)[C@H]1CCCO1. The highest BCUT2D eigenvalue weighted by Crippen LogP contribution is 2.16. The fourth-order valence-electron chi connectivity index (χ4n) is 1.68. The first-order valence-electron chi connectivity index (χ1n) is 5.37. The maximum Gasteiger partial charge on any atom is 0.249 e. The summed E-state index contributed by atoms with van der Waals surface area (Å²) in [5.41, 5.74) is 0.845. The number of carbonyl (C=O) groups is 1. The zero-order chi connectivity index (χ0) is 11.4. The molecule has 0 aromatic carbocycles. The van der Waals surface area contributed by atoms with E-state index in [2.05, 4.69) is 5.32 Å². The minimum absolute atomic E-state index is 0.119. The molecule has 2 heterocycles. The Hall–Kier alpha value is -0.910. The quantitative estimate of drug-likeness (QED) is 0.829. The summed E-state index contributed by atoms with van der Waals surface area (Å²) in [5, 5.41) is 16.2. The summed E-state index contributed by atoms with van der Waals surface area (Å²) in [6.07, 6.45) is 0.761. The van der Waals surface area contributed by atoms with Crippen molar-refractivity contribution < 1.29 is 14.6 Å². The molecule has 2 N–H and O–H groups in total. The van der Waals surface area contributed by atoms with Gasteiger partial charge in [-0.05, 0) is 35.2 Å². The molecule has 1 amide bonds. The lowest BCUT2D eigenvalue weighted by molar-refractivity contribution is -0.130. The van der Waals surface area contributed by atoms with E-state index in [1.165, 1.54) is 11.3 Å². The van der Waals surface area contributed by atoms with Gasteiger partial charge < -0.3 is 15.2 Å². The summed E-state index contributed by atoms with van der Waals surface area (Å²) in [6, 6.07) is 1.85. The zero-order valence-corrected chi connectivity index (χ0v) is 9.70. The van der Waals surface area contributed by atoms with Gasteiger partial charge >= 0.3 is 0 Å². The van der Waals surface area contributed by atoms with Crippen LogP contribution in [0.5, 0.6) is 0 Å². The highest BCUT2D eigenvalue weighted by molar-refractivity contribution is 7.07.